The Labute approximate surface area is 242 Å². The lowest BCUT2D eigenvalue weighted by molar-refractivity contribution is 0.652. The lowest BCUT2D eigenvalue weighted by Crippen LogP contribution is -2.00. The molecule has 10 aromatic rings. The van der Waals surface area contributed by atoms with Gasteiger partial charge in [0.25, 0.3) is 0 Å². The molecule has 0 aliphatic heterocycles. The molecule has 10 rings (SSSR count). The molecule has 196 valence electrons. The summed E-state index contributed by atoms with van der Waals surface area (Å²) in [6, 6.07) is 37.4. The summed E-state index contributed by atoms with van der Waals surface area (Å²) in [6.07, 6.45) is 0. The standard InChI is InChI=1S/C36H18ClN3O2/c37-34-35(38-31-24-14-6-8-16-26(24)42-36(31)39-34)40-25-15-7-5-13-23(25)28-21-11-3-4-12-22(21)30-29-20-10-2-1-9-19(20)17-18-27(29)41-33(30)32(28)40/h1-18H. The molecular weight excluding hydrogens is 542 g/mol. The molecular formula is C36H18ClN3O2. The molecule has 4 aromatic heterocycles. The van der Waals surface area contributed by atoms with Gasteiger partial charge < -0.3 is 8.83 Å². The number of furan rings is 2. The van der Waals surface area contributed by atoms with Crippen LogP contribution >= 0.6 is 11.6 Å². The summed E-state index contributed by atoms with van der Waals surface area (Å²) in [5.41, 5.74) is 5.32. The first-order valence-electron chi connectivity index (χ1n) is 13.8. The number of benzene rings is 6. The largest absolute Gasteiger partial charge is 0.454 e. The summed E-state index contributed by atoms with van der Waals surface area (Å²) in [7, 11) is 0. The molecule has 0 spiro atoms. The van der Waals surface area contributed by atoms with Gasteiger partial charge in [-0.25, -0.2) is 4.98 Å². The number of nitrogens with zero attached hydrogens (tertiary/aromatic N) is 3. The van der Waals surface area contributed by atoms with E-state index in [1.807, 2.05) is 30.3 Å². The summed E-state index contributed by atoms with van der Waals surface area (Å²) in [4.78, 5) is 9.82. The van der Waals surface area contributed by atoms with E-state index >= 15 is 0 Å². The fourth-order valence-electron chi connectivity index (χ4n) is 6.80. The summed E-state index contributed by atoms with van der Waals surface area (Å²) >= 11 is 6.96. The average Bonchev–Trinajstić information content (AvgIpc) is 3.70. The second-order valence-electron chi connectivity index (χ2n) is 10.7. The van der Waals surface area contributed by atoms with E-state index < -0.39 is 0 Å². The SMILES string of the molecule is Clc1nc2oc3ccccc3c2nc1-n1c2ccccc2c2c3ccccc3c3c(oc4ccc5ccccc5c43)c21. The Bertz CT molecular complexity index is 2770. The number of hydrogen-bond donors (Lipinski definition) is 0. The number of hydrogen-bond acceptors (Lipinski definition) is 4. The van der Waals surface area contributed by atoms with E-state index in [9.17, 15) is 0 Å². The van der Waals surface area contributed by atoms with Crippen LogP contribution in [0.2, 0.25) is 5.15 Å². The molecule has 6 aromatic carbocycles. The molecule has 0 fully saturated rings. The van der Waals surface area contributed by atoms with Gasteiger partial charge in [-0.2, -0.15) is 4.98 Å². The van der Waals surface area contributed by atoms with Gasteiger partial charge in [0.1, 0.15) is 16.7 Å². The van der Waals surface area contributed by atoms with Crippen molar-refractivity contribution in [1.82, 2.24) is 14.5 Å². The Morgan fingerprint density at radius 3 is 2.10 bits per heavy atom. The summed E-state index contributed by atoms with van der Waals surface area (Å²) in [5.74, 6) is 0.531. The first-order valence-corrected chi connectivity index (χ1v) is 14.2. The van der Waals surface area contributed by atoms with Crippen molar-refractivity contribution in [2.75, 3.05) is 0 Å². The highest BCUT2D eigenvalue weighted by Gasteiger charge is 2.26. The molecule has 0 aliphatic carbocycles. The molecule has 0 saturated heterocycles. The second-order valence-corrected chi connectivity index (χ2v) is 11.0. The minimum Gasteiger partial charge on any atom is -0.454 e. The number of para-hydroxylation sites is 2. The van der Waals surface area contributed by atoms with E-state index in [0.717, 1.165) is 70.9 Å². The molecule has 0 radical (unpaired) electrons. The topological polar surface area (TPSA) is 57.0 Å². The highest BCUT2D eigenvalue weighted by molar-refractivity contribution is 6.38. The van der Waals surface area contributed by atoms with Crippen LogP contribution in [0, 0.1) is 0 Å². The van der Waals surface area contributed by atoms with Crippen molar-refractivity contribution in [3.8, 4) is 5.82 Å². The van der Waals surface area contributed by atoms with Crippen LogP contribution < -0.4 is 0 Å². The second kappa shape index (κ2) is 7.87. The Balaban J connectivity index is 1.49. The minimum atomic E-state index is 0.257. The number of fused-ring (bicyclic) bond motifs is 15. The van der Waals surface area contributed by atoms with Crippen LogP contribution in [0.15, 0.2) is 118 Å². The summed E-state index contributed by atoms with van der Waals surface area (Å²) in [6.45, 7) is 0. The van der Waals surface area contributed by atoms with Crippen LogP contribution in [-0.4, -0.2) is 14.5 Å². The zero-order chi connectivity index (χ0) is 27.5. The van der Waals surface area contributed by atoms with Crippen molar-refractivity contribution in [3.05, 3.63) is 114 Å². The van der Waals surface area contributed by atoms with Gasteiger partial charge in [0.15, 0.2) is 16.6 Å². The van der Waals surface area contributed by atoms with Crippen LogP contribution in [0.5, 0.6) is 0 Å². The van der Waals surface area contributed by atoms with E-state index in [0.29, 0.717) is 17.0 Å². The van der Waals surface area contributed by atoms with Gasteiger partial charge in [-0.3, -0.25) is 4.57 Å². The first-order chi connectivity index (χ1) is 20.8. The third-order valence-electron chi connectivity index (χ3n) is 8.50. The molecule has 6 heteroatoms. The van der Waals surface area contributed by atoms with Crippen molar-refractivity contribution in [2.45, 2.75) is 0 Å². The molecule has 42 heavy (non-hydrogen) atoms. The monoisotopic (exact) mass is 559 g/mol. The predicted molar refractivity (Wildman–Crippen MR) is 171 cm³/mol. The van der Waals surface area contributed by atoms with Crippen LogP contribution in [0.25, 0.3) is 93.3 Å². The normalized spacial score (nSPS) is 12.4. The van der Waals surface area contributed by atoms with Crippen molar-refractivity contribution in [1.29, 1.82) is 0 Å². The minimum absolute atomic E-state index is 0.257. The maximum absolute atomic E-state index is 6.96. The maximum Gasteiger partial charge on any atom is 0.247 e. The molecule has 0 bridgehead atoms. The van der Waals surface area contributed by atoms with Gasteiger partial charge in [0.2, 0.25) is 5.71 Å². The van der Waals surface area contributed by atoms with Gasteiger partial charge in [-0.05, 0) is 45.8 Å². The average molecular weight is 560 g/mol. The molecule has 0 N–H and O–H groups in total. The van der Waals surface area contributed by atoms with Crippen molar-refractivity contribution >= 4 is 99.1 Å². The van der Waals surface area contributed by atoms with Gasteiger partial charge in [-0.1, -0.05) is 96.5 Å². The zero-order valence-corrected chi connectivity index (χ0v) is 22.7. The van der Waals surface area contributed by atoms with E-state index in [-0.39, 0.29) is 5.15 Å². The van der Waals surface area contributed by atoms with Gasteiger partial charge >= 0.3 is 0 Å². The molecule has 0 amide bonds. The maximum atomic E-state index is 6.96. The number of halogens is 1. The molecule has 4 heterocycles. The lowest BCUT2D eigenvalue weighted by Gasteiger charge is -2.10. The summed E-state index contributed by atoms with van der Waals surface area (Å²) < 4.78 is 14.9. The number of aromatic nitrogens is 3. The number of rotatable bonds is 1. The third-order valence-corrected chi connectivity index (χ3v) is 8.75. The molecule has 5 nitrogen and oxygen atoms in total. The Morgan fingerprint density at radius 1 is 0.548 bits per heavy atom. The fraction of sp³-hybridized carbons (Fsp3) is 0. The van der Waals surface area contributed by atoms with Crippen LogP contribution in [0.3, 0.4) is 0 Å². The van der Waals surface area contributed by atoms with Gasteiger partial charge in [0, 0.05) is 26.9 Å². The van der Waals surface area contributed by atoms with Crippen LogP contribution in [-0.2, 0) is 0 Å². The van der Waals surface area contributed by atoms with E-state index in [1.54, 1.807) is 0 Å². The third kappa shape index (κ3) is 2.73. The fourth-order valence-corrected chi connectivity index (χ4v) is 7.00. The Morgan fingerprint density at radius 2 is 1.24 bits per heavy atom. The Hall–Kier alpha value is -5.39. The highest BCUT2D eigenvalue weighted by atomic mass is 35.5. The first kappa shape index (κ1) is 22.3. The predicted octanol–water partition coefficient (Wildman–Crippen LogP) is 10.3. The molecule has 0 saturated carbocycles. The van der Waals surface area contributed by atoms with Crippen molar-refractivity contribution in [3.63, 3.8) is 0 Å². The molecule has 0 atom stereocenters. The van der Waals surface area contributed by atoms with E-state index in [4.69, 9.17) is 30.4 Å². The van der Waals surface area contributed by atoms with Gasteiger partial charge in [-0.15, -0.1) is 0 Å². The Kier molecular flexibility index (Phi) is 4.18. The molecule has 0 aliphatic rings. The van der Waals surface area contributed by atoms with Crippen LogP contribution in [0.4, 0.5) is 0 Å². The smallest absolute Gasteiger partial charge is 0.247 e. The zero-order valence-electron chi connectivity index (χ0n) is 21.9. The van der Waals surface area contributed by atoms with E-state index in [1.165, 1.54) is 5.39 Å². The highest BCUT2D eigenvalue weighted by Crippen LogP contribution is 2.47. The van der Waals surface area contributed by atoms with Crippen molar-refractivity contribution in [2.24, 2.45) is 0 Å². The van der Waals surface area contributed by atoms with Gasteiger partial charge in [0.05, 0.1) is 11.0 Å². The van der Waals surface area contributed by atoms with Crippen LogP contribution in [0.1, 0.15) is 0 Å². The summed E-state index contributed by atoms with van der Waals surface area (Å²) in [5, 5.41) is 10.1. The lowest BCUT2D eigenvalue weighted by atomic mass is 9.96. The quantitative estimate of drug-likeness (QED) is 0.201. The van der Waals surface area contributed by atoms with E-state index in [2.05, 4.69) is 83.4 Å². The van der Waals surface area contributed by atoms with Crippen molar-refractivity contribution < 1.29 is 8.83 Å². The molecule has 0 unspecified atom stereocenters.